The molecule has 1 aromatic carbocycles. The zero-order valence-corrected chi connectivity index (χ0v) is 7.64. The summed E-state index contributed by atoms with van der Waals surface area (Å²) in [7, 11) is 1.51. The van der Waals surface area contributed by atoms with Gasteiger partial charge in [-0.15, -0.1) is 0 Å². The van der Waals surface area contributed by atoms with E-state index in [9.17, 15) is 0 Å². The molecule has 0 heterocycles. The van der Waals surface area contributed by atoms with Gasteiger partial charge in [-0.05, 0) is 37.1 Å². The van der Waals surface area contributed by atoms with Gasteiger partial charge in [0.1, 0.15) is 0 Å². The van der Waals surface area contributed by atoms with E-state index in [0.29, 0.717) is 0 Å². The van der Waals surface area contributed by atoms with Gasteiger partial charge in [-0.2, -0.15) is 0 Å². The Kier molecular flexibility index (Phi) is 2.48. The Morgan fingerprint density at radius 3 is 2.42 bits per heavy atom. The molecule has 0 aromatic heterocycles. The lowest BCUT2D eigenvalue weighted by molar-refractivity contribution is 0.401. The van der Waals surface area contributed by atoms with Gasteiger partial charge in [0.25, 0.3) is 0 Å². The van der Waals surface area contributed by atoms with Crippen molar-refractivity contribution in [1.29, 1.82) is 5.41 Å². The lowest BCUT2D eigenvalue weighted by Gasteiger charge is -2.04. The number of methoxy groups -OCH3 is 1. The van der Waals surface area contributed by atoms with E-state index in [1.165, 1.54) is 18.2 Å². The van der Waals surface area contributed by atoms with Crippen molar-refractivity contribution in [3.63, 3.8) is 0 Å². The van der Waals surface area contributed by atoms with E-state index in [1.807, 2.05) is 25.1 Å². The number of ether oxygens (including phenoxy) is 1. The average Bonchev–Trinajstić information content (AvgIpc) is 2.08. The van der Waals surface area contributed by atoms with Crippen molar-refractivity contribution in [1.82, 2.24) is 0 Å². The third-order valence-electron chi connectivity index (χ3n) is 1.97. The standard InChI is InChI=1S/C10H13NO/c1-7-4-5-9(6-8(7)2)10(11)12-3/h4-6,11H,1-3H3. The first-order valence-corrected chi connectivity index (χ1v) is 3.85. The molecule has 0 aliphatic rings. The zero-order valence-electron chi connectivity index (χ0n) is 7.64. The van der Waals surface area contributed by atoms with Crippen LogP contribution in [0.25, 0.3) is 0 Å². The molecule has 0 saturated carbocycles. The number of benzene rings is 1. The second-order valence-corrected chi connectivity index (χ2v) is 2.83. The summed E-state index contributed by atoms with van der Waals surface area (Å²) in [6, 6.07) is 5.85. The lowest BCUT2D eigenvalue weighted by atomic mass is 10.1. The van der Waals surface area contributed by atoms with Gasteiger partial charge in [0, 0.05) is 5.56 Å². The molecule has 0 spiro atoms. The molecule has 1 N–H and O–H groups in total. The highest BCUT2D eigenvalue weighted by atomic mass is 16.5. The normalized spacial score (nSPS) is 9.58. The van der Waals surface area contributed by atoms with Crippen molar-refractivity contribution in [2.75, 3.05) is 7.11 Å². The third kappa shape index (κ3) is 1.64. The zero-order chi connectivity index (χ0) is 9.14. The van der Waals surface area contributed by atoms with Crippen molar-refractivity contribution in [2.45, 2.75) is 13.8 Å². The molecular formula is C10H13NO. The van der Waals surface area contributed by atoms with Gasteiger partial charge in [0.15, 0.2) is 0 Å². The lowest BCUT2D eigenvalue weighted by Crippen LogP contribution is -2.01. The summed E-state index contributed by atoms with van der Waals surface area (Å²) in [5, 5.41) is 7.42. The molecule has 0 aliphatic carbocycles. The highest BCUT2D eigenvalue weighted by molar-refractivity contribution is 5.91. The molecule has 0 amide bonds. The van der Waals surface area contributed by atoms with Crippen LogP contribution in [0.1, 0.15) is 16.7 Å². The van der Waals surface area contributed by atoms with E-state index in [0.717, 1.165) is 5.56 Å². The fourth-order valence-electron chi connectivity index (χ4n) is 1.00. The van der Waals surface area contributed by atoms with Crippen LogP contribution in [0.3, 0.4) is 0 Å². The summed E-state index contributed by atoms with van der Waals surface area (Å²) in [6.45, 7) is 4.08. The Bertz CT molecular complexity index is 305. The van der Waals surface area contributed by atoms with Crippen LogP contribution in [0.15, 0.2) is 18.2 Å². The first kappa shape index (κ1) is 8.78. The summed E-state index contributed by atoms with van der Waals surface area (Å²) in [6.07, 6.45) is 0. The molecule has 0 bridgehead atoms. The summed E-state index contributed by atoms with van der Waals surface area (Å²) in [5.41, 5.74) is 3.26. The predicted octanol–water partition coefficient (Wildman–Crippen LogP) is 2.28. The summed E-state index contributed by atoms with van der Waals surface area (Å²) in [5.74, 6) is 0.220. The molecule has 1 aromatic rings. The van der Waals surface area contributed by atoms with Crippen LogP contribution in [0.4, 0.5) is 0 Å². The summed E-state index contributed by atoms with van der Waals surface area (Å²) < 4.78 is 4.81. The molecule has 0 atom stereocenters. The van der Waals surface area contributed by atoms with Crippen molar-refractivity contribution < 1.29 is 4.74 Å². The second-order valence-electron chi connectivity index (χ2n) is 2.83. The van der Waals surface area contributed by atoms with Crippen LogP contribution in [0.2, 0.25) is 0 Å². The second kappa shape index (κ2) is 3.39. The van der Waals surface area contributed by atoms with Crippen molar-refractivity contribution in [2.24, 2.45) is 0 Å². The number of nitrogens with one attached hydrogen (secondary N) is 1. The molecular weight excluding hydrogens is 150 g/mol. The number of rotatable bonds is 1. The van der Waals surface area contributed by atoms with E-state index >= 15 is 0 Å². The molecule has 64 valence electrons. The predicted molar refractivity (Wildman–Crippen MR) is 49.8 cm³/mol. The van der Waals surface area contributed by atoms with E-state index in [-0.39, 0.29) is 5.90 Å². The Morgan fingerprint density at radius 1 is 1.25 bits per heavy atom. The smallest absolute Gasteiger partial charge is 0.212 e. The van der Waals surface area contributed by atoms with Crippen LogP contribution in [0.5, 0.6) is 0 Å². The van der Waals surface area contributed by atoms with Crippen molar-refractivity contribution >= 4 is 5.90 Å². The fourth-order valence-corrected chi connectivity index (χ4v) is 1.00. The van der Waals surface area contributed by atoms with Crippen molar-refractivity contribution in [3.8, 4) is 0 Å². The maximum Gasteiger partial charge on any atom is 0.212 e. The topological polar surface area (TPSA) is 33.1 Å². The molecule has 12 heavy (non-hydrogen) atoms. The van der Waals surface area contributed by atoms with Crippen LogP contribution in [-0.4, -0.2) is 13.0 Å². The molecule has 0 fully saturated rings. The minimum absolute atomic E-state index is 0.220. The van der Waals surface area contributed by atoms with Crippen LogP contribution in [0, 0.1) is 19.3 Å². The van der Waals surface area contributed by atoms with Gasteiger partial charge in [-0.1, -0.05) is 6.07 Å². The molecule has 0 unspecified atom stereocenters. The van der Waals surface area contributed by atoms with E-state index in [2.05, 4.69) is 6.92 Å². The summed E-state index contributed by atoms with van der Waals surface area (Å²) >= 11 is 0. The van der Waals surface area contributed by atoms with Gasteiger partial charge >= 0.3 is 0 Å². The highest BCUT2D eigenvalue weighted by Gasteiger charge is 2.01. The quantitative estimate of drug-likeness (QED) is 0.500. The minimum atomic E-state index is 0.220. The first-order valence-electron chi connectivity index (χ1n) is 3.85. The Hall–Kier alpha value is -1.31. The van der Waals surface area contributed by atoms with E-state index < -0.39 is 0 Å². The van der Waals surface area contributed by atoms with Gasteiger partial charge in [0.05, 0.1) is 7.11 Å². The third-order valence-corrected chi connectivity index (χ3v) is 1.97. The van der Waals surface area contributed by atoms with Crippen molar-refractivity contribution in [3.05, 3.63) is 34.9 Å². The number of hydrogen-bond donors (Lipinski definition) is 1. The Morgan fingerprint density at radius 2 is 1.92 bits per heavy atom. The van der Waals surface area contributed by atoms with Gasteiger partial charge in [0.2, 0.25) is 5.90 Å². The molecule has 2 heteroatoms. The van der Waals surface area contributed by atoms with Crippen LogP contribution >= 0.6 is 0 Å². The molecule has 0 saturated heterocycles. The fraction of sp³-hybridized carbons (Fsp3) is 0.300. The van der Waals surface area contributed by atoms with Crippen LogP contribution in [-0.2, 0) is 4.74 Å². The molecule has 0 aliphatic heterocycles. The monoisotopic (exact) mass is 163 g/mol. The maximum atomic E-state index is 7.42. The summed E-state index contributed by atoms with van der Waals surface area (Å²) in [4.78, 5) is 0. The first-order chi connectivity index (χ1) is 5.65. The SMILES string of the molecule is COC(=N)c1ccc(C)c(C)c1. The van der Waals surface area contributed by atoms with E-state index in [4.69, 9.17) is 10.1 Å². The Balaban J connectivity index is 3.05. The minimum Gasteiger partial charge on any atom is -0.481 e. The average molecular weight is 163 g/mol. The van der Waals surface area contributed by atoms with E-state index in [1.54, 1.807) is 0 Å². The van der Waals surface area contributed by atoms with Gasteiger partial charge in [-0.25, -0.2) is 0 Å². The maximum absolute atomic E-state index is 7.42. The Labute approximate surface area is 72.7 Å². The highest BCUT2D eigenvalue weighted by Crippen LogP contribution is 2.10. The molecule has 1 rings (SSSR count). The van der Waals surface area contributed by atoms with Crippen LogP contribution < -0.4 is 0 Å². The number of aryl methyl sites for hydroxylation is 2. The van der Waals surface area contributed by atoms with Gasteiger partial charge < -0.3 is 4.74 Å². The number of hydrogen-bond acceptors (Lipinski definition) is 2. The van der Waals surface area contributed by atoms with Gasteiger partial charge in [-0.3, -0.25) is 5.41 Å². The molecule has 2 nitrogen and oxygen atoms in total. The largest absolute Gasteiger partial charge is 0.481 e. The molecule has 0 radical (unpaired) electrons.